The number of para-hydroxylation sites is 1. The molecular weight excluding hydrogens is 339 g/mol. The van der Waals surface area contributed by atoms with Gasteiger partial charge >= 0.3 is 0 Å². The first kappa shape index (κ1) is 16.6. The van der Waals surface area contributed by atoms with Crippen LogP contribution >= 0.6 is 0 Å². The van der Waals surface area contributed by atoms with Crippen LogP contribution in [0, 0.1) is 5.82 Å². The number of halogens is 1. The Morgan fingerprint density at radius 3 is 2.54 bits per heavy atom. The van der Waals surface area contributed by atoms with Crippen LogP contribution in [0.5, 0.6) is 0 Å². The number of carbonyl (C=O) groups excluding carboxylic acids is 1. The summed E-state index contributed by atoms with van der Waals surface area (Å²) < 4.78 is 49.9. The maximum absolute atomic E-state index is 13.5. The monoisotopic (exact) mass is 354 g/mol. The lowest BCUT2D eigenvalue weighted by Crippen LogP contribution is -2.40. The van der Waals surface area contributed by atoms with Crippen LogP contribution in [0.2, 0.25) is 0 Å². The summed E-state index contributed by atoms with van der Waals surface area (Å²) in [7, 11) is -3.82. The molecule has 0 atom stereocenters. The van der Waals surface area contributed by atoms with Gasteiger partial charge in [-0.05, 0) is 24.3 Å². The Bertz CT molecular complexity index is 843. The van der Waals surface area contributed by atoms with E-state index < -0.39 is 21.7 Å². The van der Waals surface area contributed by atoms with Gasteiger partial charge in [0.15, 0.2) is 5.76 Å². The highest BCUT2D eigenvalue weighted by Crippen LogP contribution is 2.21. The van der Waals surface area contributed by atoms with Gasteiger partial charge in [0.25, 0.3) is 15.9 Å². The number of anilines is 1. The van der Waals surface area contributed by atoms with Crippen LogP contribution < -0.4 is 5.32 Å². The molecule has 9 heteroatoms. The Kier molecular flexibility index (Phi) is 4.65. The minimum absolute atomic E-state index is 0.0171. The van der Waals surface area contributed by atoms with Crippen molar-refractivity contribution in [3.8, 4) is 0 Å². The molecule has 1 amide bonds. The first-order valence-corrected chi connectivity index (χ1v) is 8.66. The van der Waals surface area contributed by atoms with Crippen LogP contribution in [0.15, 0.2) is 45.9 Å². The van der Waals surface area contributed by atoms with E-state index in [4.69, 9.17) is 9.15 Å². The van der Waals surface area contributed by atoms with Crippen molar-refractivity contribution in [3.63, 3.8) is 0 Å². The highest BCUT2D eigenvalue weighted by molar-refractivity contribution is 7.89. The summed E-state index contributed by atoms with van der Waals surface area (Å²) in [6.45, 7) is 1.06. The van der Waals surface area contributed by atoms with Crippen molar-refractivity contribution in [2.24, 2.45) is 0 Å². The van der Waals surface area contributed by atoms with Crippen molar-refractivity contribution in [1.29, 1.82) is 0 Å². The first-order valence-electron chi connectivity index (χ1n) is 7.22. The molecule has 1 aliphatic rings. The zero-order valence-corrected chi connectivity index (χ0v) is 13.4. The Morgan fingerprint density at radius 2 is 1.83 bits per heavy atom. The first-order chi connectivity index (χ1) is 11.5. The number of nitrogens with zero attached hydrogens (tertiary/aromatic N) is 1. The van der Waals surface area contributed by atoms with Gasteiger partial charge in [-0.3, -0.25) is 4.79 Å². The van der Waals surface area contributed by atoms with E-state index in [2.05, 4.69) is 5.32 Å². The lowest BCUT2D eigenvalue weighted by molar-refractivity contribution is 0.0723. The van der Waals surface area contributed by atoms with Crippen LogP contribution in [0.1, 0.15) is 10.6 Å². The van der Waals surface area contributed by atoms with Crippen molar-refractivity contribution in [1.82, 2.24) is 4.31 Å². The minimum atomic E-state index is -3.82. The van der Waals surface area contributed by atoms with Gasteiger partial charge in [0.2, 0.25) is 5.09 Å². The Hall–Kier alpha value is -2.23. The lowest BCUT2D eigenvalue weighted by Gasteiger charge is -2.24. The van der Waals surface area contributed by atoms with Gasteiger partial charge in [-0.25, -0.2) is 12.8 Å². The maximum Gasteiger partial charge on any atom is 0.291 e. The van der Waals surface area contributed by atoms with E-state index in [0.717, 1.165) is 0 Å². The molecule has 0 aliphatic carbocycles. The minimum Gasteiger partial charge on any atom is -0.438 e. The molecule has 24 heavy (non-hydrogen) atoms. The molecule has 7 nitrogen and oxygen atoms in total. The third-order valence-corrected chi connectivity index (χ3v) is 5.26. The highest BCUT2D eigenvalue weighted by Gasteiger charge is 2.30. The zero-order chi connectivity index (χ0) is 17.2. The van der Waals surface area contributed by atoms with Crippen LogP contribution in [-0.2, 0) is 14.8 Å². The third-order valence-electron chi connectivity index (χ3n) is 3.49. The van der Waals surface area contributed by atoms with E-state index in [9.17, 15) is 17.6 Å². The molecule has 1 N–H and O–H groups in total. The quantitative estimate of drug-likeness (QED) is 0.903. The fourth-order valence-corrected chi connectivity index (χ4v) is 3.56. The topological polar surface area (TPSA) is 88.9 Å². The van der Waals surface area contributed by atoms with E-state index >= 15 is 0 Å². The number of benzene rings is 1. The summed E-state index contributed by atoms with van der Waals surface area (Å²) in [5, 5.41) is 2.00. The van der Waals surface area contributed by atoms with Crippen molar-refractivity contribution >= 4 is 21.6 Å². The van der Waals surface area contributed by atoms with Gasteiger partial charge in [-0.2, -0.15) is 4.31 Å². The molecule has 2 heterocycles. The van der Waals surface area contributed by atoms with Crippen molar-refractivity contribution < 1.29 is 26.8 Å². The Labute approximate surface area is 138 Å². The number of furan rings is 1. The highest BCUT2D eigenvalue weighted by atomic mass is 32.2. The summed E-state index contributed by atoms with van der Waals surface area (Å²) in [4.78, 5) is 12.1. The largest absolute Gasteiger partial charge is 0.438 e. The molecule has 0 saturated carbocycles. The summed E-state index contributed by atoms with van der Waals surface area (Å²) >= 11 is 0. The molecule has 3 rings (SSSR count). The fourth-order valence-electron chi connectivity index (χ4n) is 2.24. The molecule has 1 saturated heterocycles. The van der Waals surface area contributed by atoms with Crippen molar-refractivity contribution in [3.05, 3.63) is 48.0 Å². The lowest BCUT2D eigenvalue weighted by atomic mass is 10.3. The van der Waals surface area contributed by atoms with Crippen LogP contribution in [0.25, 0.3) is 0 Å². The molecule has 0 spiro atoms. The van der Waals surface area contributed by atoms with E-state index in [1.807, 2.05) is 0 Å². The molecule has 1 aromatic heterocycles. The average molecular weight is 354 g/mol. The third kappa shape index (κ3) is 3.32. The standard InChI is InChI=1S/C15H15FN2O5S/c16-11-3-1-2-4-12(11)17-15(19)13-5-6-14(23-13)24(20,21)18-7-9-22-10-8-18/h1-6H,7-10H2,(H,17,19). The molecule has 0 unspecified atom stereocenters. The second-order valence-corrected chi connectivity index (χ2v) is 6.94. The van der Waals surface area contributed by atoms with Crippen molar-refractivity contribution in [2.45, 2.75) is 5.09 Å². The predicted octanol–water partition coefficient (Wildman–Crippen LogP) is 1.69. The number of carbonyl (C=O) groups is 1. The second-order valence-electron chi connectivity index (χ2n) is 5.07. The number of nitrogens with one attached hydrogen (secondary N) is 1. The van der Waals surface area contributed by atoms with E-state index in [-0.39, 0.29) is 29.6 Å². The molecule has 2 aromatic rings. The SMILES string of the molecule is O=C(Nc1ccccc1F)c1ccc(S(=O)(=O)N2CCOCC2)o1. The Balaban J connectivity index is 1.77. The smallest absolute Gasteiger partial charge is 0.291 e. The number of amides is 1. The predicted molar refractivity (Wildman–Crippen MR) is 82.6 cm³/mol. The number of hydrogen-bond acceptors (Lipinski definition) is 5. The summed E-state index contributed by atoms with van der Waals surface area (Å²) in [6, 6.07) is 8.10. The summed E-state index contributed by atoms with van der Waals surface area (Å²) in [5.74, 6) is -1.55. The molecule has 128 valence electrons. The average Bonchev–Trinajstić information content (AvgIpc) is 3.09. The number of hydrogen-bond donors (Lipinski definition) is 1. The number of rotatable bonds is 4. The van der Waals surface area contributed by atoms with Crippen LogP contribution in [0.3, 0.4) is 0 Å². The van der Waals surface area contributed by atoms with Gasteiger partial charge in [0.05, 0.1) is 18.9 Å². The van der Waals surface area contributed by atoms with E-state index in [1.165, 1.54) is 34.6 Å². The van der Waals surface area contributed by atoms with E-state index in [1.54, 1.807) is 6.07 Å². The van der Waals surface area contributed by atoms with Gasteiger partial charge in [0, 0.05) is 13.1 Å². The molecule has 1 fully saturated rings. The molecular formula is C15H15FN2O5S. The maximum atomic E-state index is 13.5. The number of morpholine rings is 1. The number of ether oxygens (including phenoxy) is 1. The normalized spacial score (nSPS) is 16.0. The fraction of sp³-hybridized carbons (Fsp3) is 0.267. The zero-order valence-electron chi connectivity index (χ0n) is 12.6. The second kappa shape index (κ2) is 6.71. The van der Waals surface area contributed by atoms with Crippen LogP contribution in [0.4, 0.5) is 10.1 Å². The van der Waals surface area contributed by atoms with E-state index in [0.29, 0.717) is 13.2 Å². The number of sulfonamides is 1. The molecule has 0 bridgehead atoms. The van der Waals surface area contributed by atoms with Crippen LogP contribution in [-0.4, -0.2) is 44.9 Å². The van der Waals surface area contributed by atoms with Crippen molar-refractivity contribution in [2.75, 3.05) is 31.6 Å². The van der Waals surface area contributed by atoms with Gasteiger partial charge < -0.3 is 14.5 Å². The summed E-state index contributed by atoms with van der Waals surface area (Å²) in [6.07, 6.45) is 0. The van der Waals surface area contributed by atoms with Gasteiger partial charge in [0.1, 0.15) is 5.82 Å². The summed E-state index contributed by atoms with van der Waals surface area (Å²) in [5.41, 5.74) is -0.0171. The molecule has 1 aliphatic heterocycles. The molecule has 0 radical (unpaired) electrons. The molecule has 1 aromatic carbocycles. The van der Waals surface area contributed by atoms with Gasteiger partial charge in [-0.1, -0.05) is 12.1 Å². The Morgan fingerprint density at radius 1 is 1.12 bits per heavy atom. The van der Waals surface area contributed by atoms with Gasteiger partial charge in [-0.15, -0.1) is 0 Å².